The summed E-state index contributed by atoms with van der Waals surface area (Å²) in [6.07, 6.45) is 3.04. The second-order valence-electron chi connectivity index (χ2n) is 5.21. The highest BCUT2D eigenvalue weighted by molar-refractivity contribution is 5.50. The Bertz CT molecular complexity index is 536. The van der Waals surface area contributed by atoms with Gasteiger partial charge in [-0.2, -0.15) is 0 Å². The average molecular weight is 276 g/mol. The summed E-state index contributed by atoms with van der Waals surface area (Å²) in [5.74, 6) is 2.17. The summed E-state index contributed by atoms with van der Waals surface area (Å²) in [5, 5.41) is 10.5. The van der Waals surface area contributed by atoms with Crippen LogP contribution in [0.4, 0.5) is 0 Å². The van der Waals surface area contributed by atoms with Crippen molar-refractivity contribution in [1.29, 1.82) is 0 Å². The van der Waals surface area contributed by atoms with Crippen molar-refractivity contribution in [1.82, 2.24) is 0 Å². The van der Waals surface area contributed by atoms with Gasteiger partial charge < -0.3 is 19.3 Å². The van der Waals surface area contributed by atoms with E-state index in [1.165, 1.54) is 0 Å². The molecule has 4 heteroatoms. The molecule has 0 spiro atoms. The van der Waals surface area contributed by atoms with Crippen LogP contribution in [-0.4, -0.2) is 24.4 Å². The molecule has 3 rings (SSSR count). The number of hydrogen-bond donors (Lipinski definition) is 1. The van der Waals surface area contributed by atoms with Gasteiger partial charge in [-0.05, 0) is 32.1 Å². The zero-order chi connectivity index (χ0) is 14.1. The minimum atomic E-state index is -0.788. The molecule has 0 amide bonds. The van der Waals surface area contributed by atoms with Crippen molar-refractivity contribution in [3.8, 4) is 11.5 Å². The summed E-state index contributed by atoms with van der Waals surface area (Å²) in [4.78, 5) is 0. The topological polar surface area (TPSA) is 47.9 Å². The molecule has 1 N–H and O–H groups in total. The third-order valence-corrected chi connectivity index (χ3v) is 3.62. The van der Waals surface area contributed by atoms with Gasteiger partial charge in [-0.25, -0.2) is 0 Å². The molecule has 0 saturated heterocycles. The van der Waals surface area contributed by atoms with E-state index in [-0.39, 0.29) is 6.10 Å². The molecule has 0 aromatic heterocycles. The lowest BCUT2D eigenvalue weighted by atomic mass is 10.0. The Hall–Kier alpha value is -1.68. The van der Waals surface area contributed by atoms with Gasteiger partial charge in [0.1, 0.15) is 29.5 Å². The Labute approximate surface area is 119 Å². The van der Waals surface area contributed by atoms with Crippen LogP contribution >= 0.6 is 0 Å². The summed E-state index contributed by atoms with van der Waals surface area (Å²) in [6.45, 7) is 5.18. The Kier molecular flexibility index (Phi) is 3.57. The highest BCUT2D eigenvalue weighted by Crippen LogP contribution is 2.40. The maximum atomic E-state index is 10.5. The first kappa shape index (κ1) is 13.3. The highest BCUT2D eigenvalue weighted by Gasteiger charge is 2.27. The number of aliphatic hydroxyl groups is 1. The summed E-state index contributed by atoms with van der Waals surface area (Å²) in [7, 11) is 0. The van der Waals surface area contributed by atoms with Gasteiger partial charge >= 0.3 is 0 Å². The van der Waals surface area contributed by atoms with Crippen LogP contribution in [0.3, 0.4) is 0 Å². The van der Waals surface area contributed by atoms with Crippen LogP contribution in [0.15, 0.2) is 24.0 Å². The van der Waals surface area contributed by atoms with E-state index in [4.69, 9.17) is 14.2 Å². The molecule has 20 heavy (non-hydrogen) atoms. The van der Waals surface area contributed by atoms with Crippen LogP contribution in [-0.2, 0) is 11.2 Å². The lowest BCUT2D eigenvalue weighted by Gasteiger charge is -2.18. The summed E-state index contributed by atoms with van der Waals surface area (Å²) >= 11 is 0. The lowest BCUT2D eigenvalue weighted by molar-refractivity contribution is 0.116. The second-order valence-corrected chi connectivity index (χ2v) is 5.21. The second kappa shape index (κ2) is 5.37. The lowest BCUT2D eigenvalue weighted by Crippen LogP contribution is -2.06. The van der Waals surface area contributed by atoms with Crippen LogP contribution in [0, 0.1) is 0 Å². The van der Waals surface area contributed by atoms with Gasteiger partial charge in [0.15, 0.2) is 0 Å². The fourth-order valence-corrected chi connectivity index (χ4v) is 2.73. The summed E-state index contributed by atoms with van der Waals surface area (Å²) in [5.41, 5.74) is 1.85. The molecular weight excluding hydrogens is 256 g/mol. The van der Waals surface area contributed by atoms with E-state index in [9.17, 15) is 5.11 Å². The quantitative estimate of drug-likeness (QED) is 0.918. The van der Waals surface area contributed by atoms with E-state index in [2.05, 4.69) is 0 Å². The monoisotopic (exact) mass is 276 g/mol. The molecule has 108 valence electrons. The normalized spacial score (nSPS) is 21.8. The molecule has 2 aliphatic rings. The van der Waals surface area contributed by atoms with Crippen molar-refractivity contribution in [2.24, 2.45) is 0 Å². The maximum Gasteiger partial charge on any atom is 0.139 e. The standard InChI is InChI=1S/C16H20O4/c1-3-18-15-8-11-7-10(2)20-14(11)9-12(15)16(17)13-5-4-6-19-13/h5,8-10,16-17H,3-4,6-7H2,1-2H3. The number of ether oxygens (including phenoxy) is 3. The molecular formula is C16H20O4. The molecule has 2 heterocycles. The Balaban J connectivity index is 1.97. The van der Waals surface area contributed by atoms with Crippen molar-refractivity contribution >= 4 is 0 Å². The van der Waals surface area contributed by atoms with E-state index in [1.807, 2.05) is 32.1 Å². The van der Waals surface area contributed by atoms with Gasteiger partial charge in [0.25, 0.3) is 0 Å². The van der Waals surface area contributed by atoms with Crippen molar-refractivity contribution in [2.75, 3.05) is 13.2 Å². The van der Waals surface area contributed by atoms with Crippen molar-refractivity contribution in [3.63, 3.8) is 0 Å². The fourth-order valence-electron chi connectivity index (χ4n) is 2.73. The third-order valence-electron chi connectivity index (χ3n) is 3.62. The van der Waals surface area contributed by atoms with Gasteiger partial charge in [-0.1, -0.05) is 0 Å². The smallest absolute Gasteiger partial charge is 0.139 e. The van der Waals surface area contributed by atoms with Crippen LogP contribution < -0.4 is 9.47 Å². The van der Waals surface area contributed by atoms with Gasteiger partial charge in [-0.3, -0.25) is 0 Å². The first-order valence-electron chi connectivity index (χ1n) is 7.16. The Morgan fingerprint density at radius 2 is 2.30 bits per heavy atom. The molecule has 2 atom stereocenters. The van der Waals surface area contributed by atoms with Crippen molar-refractivity contribution in [3.05, 3.63) is 35.1 Å². The minimum absolute atomic E-state index is 0.175. The van der Waals surface area contributed by atoms with E-state index in [0.29, 0.717) is 30.3 Å². The maximum absolute atomic E-state index is 10.5. The van der Waals surface area contributed by atoms with E-state index in [1.54, 1.807) is 0 Å². The molecule has 0 fully saturated rings. The van der Waals surface area contributed by atoms with Gasteiger partial charge in [-0.15, -0.1) is 0 Å². The number of aliphatic hydroxyl groups excluding tert-OH is 1. The van der Waals surface area contributed by atoms with Crippen LogP contribution in [0.5, 0.6) is 11.5 Å². The molecule has 2 aliphatic heterocycles. The molecule has 0 aliphatic carbocycles. The van der Waals surface area contributed by atoms with E-state index in [0.717, 1.165) is 24.2 Å². The summed E-state index contributed by atoms with van der Waals surface area (Å²) in [6, 6.07) is 3.87. The molecule has 4 nitrogen and oxygen atoms in total. The van der Waals surface area contributed by atoms with Gasteiger partial charge in [0, 0.05) is 24.0 Å². The Morgan fingerprint density at radius 3 is 3.00 bits per heavy atom. The zero-order valence-electron chi connectivity index (χ0n) is 11.9. The number of rotatable bonds is 4. The fraction of sp³-hybridized carbons (Fsp3) is 0.500. The van der Waals surface area contributed by atoms with Crippen molar-refractivity contribution in [2.45, 2.75) is 38.9 Å². The molecule has 0 saturated carbocycles. The van der Waals surface area contributed by atoms with Crippen molar-refractivity contribution < 1.29 is 19.3 Å². The molecule has 0 radical (unpaired) electrons. The Morgan fingerprint density at radius 1 is 1.45 bits per heavy atom. The third kappa shape index (κ3) is 2.36. The predicted octanol–water partition coefficient (Wildman–Crippen LogP) is 2.75. The van der Waals surface area contributed by atoms with Crippen LogP contribution in [0.2, 0.25) is 0 Å². The predicted molar refractivity (Wildman–Crippen MR) is 75.0 cm³/mol. The SMILES string of the molecule is CCOc1cc2c(cc1C(O)C1=CCCO1)OC(C)C2. The number of benzene rings is 1. The van der Waals surface area contributed by atoms with E-state index < -0.39 is 6.10 Å². The van der Waals surface area contributed by atoms with Crippen LogP contribution in [0.25, 0.3) is 0 Å². The average Bonchev–Trinajstić information content (AvgIpc) is 3.05. The van der Waals surface area contributed by atoms with Gasteiger partial charge in [0.2, 0.25) is 0 Å². The molecule has 0 bridgehead atoms. The largest absolute Gasteiger partial charge is 0.495 e. The van der Waals surface area contributed by atoms with Gasteiger partial charge in [0.05, 0.1) is 13.2 Å². The molecule has 2 unspecified atom stereocenters. The number of fused-ring (bicyclic) bond motifs is 1. The highest BCUT2D eigenvalue weighted by atomic mass is 16.5. The molecule has 1 aromatic rings. The first-order valence-corrected chi connectivity index (χ1v) is 7.16. The number of hydrogen-bond acceptors (Lipinski definition) is 4. The van der Waals surface area contributed by atoms with E-state index >= 15 is 0 Å². The minimum Gasteiger partial charge on any atom is -0.495 e. The first-order chi connectivity index (χ1) is 9.69. The van der Waals surface area contributed by atoms with Crippen LogP contribution in [0.1, 0.15) is 37.5 Å². The summed E-state index contributed by atoms with van der Waals surface area (Å²) < 4.78 is 16.9. The zero-order valence-corrected chi connectivity index (χ0v) is 11.9. The molecule has 1 aromatic carbocycles.